The second kappa shape index (κ2) is 9.89. The first-order chi connectivity index (χ1) is 12.7. The van der Waals surface area contributed by atoms with E-state index in [9.17, 15) is 4.79 Å². The van der Waals surface area contributed by atoms with Crippen LogP contribution in [0, 0.1) is 0 Å². The van der Waals surface area contributed by atoms with Gasteiger partial charge in [-0.2, -0.15) is 11.8 Å². The van der Waals surface area contributed by atoms with Crippen LogP contribution >= 0.6 is 23.4 Å². The summed E-state index contributed by atoms with van der Waals surface area (Å²) in [6, 6.07) is 14.0. The summed E-state index contributed by atoms with van der Waals surface area (Å²) in [6.07, 6.45) is 4.60. The fourth-order valence-electron chi connectivity index (χ4n) is 3.16. The molecule has 1 amide bonds. The number of amides is 1. The highest BCUT2D eigenvalue weighted by Gasteiger charge is 2.14. The van der Waals surface area contributed by atoms with Gasteiger partial charge in [-0.1, -0.05) is 35.9 Å². The zero-order valence-electron chi connectivity index (χ0n) is 14.8. The van der Waals surface area contributed by atoms with Crippen molar-refractivity contribution in [3.8, 4) is 5.75 Å². The van der Waals surface area contributed by atoms with Gasteiger partial charge in [0.1, 0.15) is 5.75 Å². The average molecular weight is 390 g/mol. The van der Waals surface area contributed by atoms with Crippen LogP contribution in [0.25, 0.3) is 0 Å². The Morgan fingerprint density at radius 2 is 2.00 bits per heavy atom. The van der Waals surface area contributed by atoms with Gasteiger partial charge in [-0.15, -0.1) is 0 Å². The van der Waals surface area contributed by atoms with Gasteiger partial charge in [0.15, 0.2) is 6.61 Å². The molecule has 26 heavy (non-hydrogen) atoms. The van der Waals surface area contributed by atoms with Gasteiger partial charge >= 0.3 is 0 Å². The van der Waals surface area contributed by atoms with Crippen molar-refractivity contribution in [2.75, 3.05) is 18.9 Å². The molecule has 0 saturated carbocycles. The summed E-state index contributed by atoms with van der Waals surface area (Å²) < 4.78 is 5.77. The van der Waals surface area contributed by atoms with Crippen molar-refractivity contribution in [2.24, 2.45) is 0 Å². The Morgan fingerprint density at radius 3 is 2.88 bits per heavy atom. The first kappa shape index (κ1) is 19.1. The number of thioether (sulfide) groups is 1. The molecule has 0 fully saturated rings. The molecule has 1 aliphatic rings. The van der Waals surface area contributed by atoms with Gasteiger partial charge in [0.05, 0.1) is 0 Å². The maximum Gasteiger partial charge on any atom is 0.257 e. The van der Waals surface area contributed by atoms with E-state index in [1.54, 1.807) is 11.8 Å². The Kier molecular flexibility index (Phi) is 7.27. The Hall–Kier alpha value is -1.65. The molecule has 0 aliphatic heterocycles. The second-order valence-electron chi connectivity index (χ2n) is 6.42. The highest BCUT2D eigenvalue weighted by atomic mass is 35.5. The van der Waals surface area contributed by atoms with E-state index in [1.165, 1.54) is 29.5 Å². The topological polar surface area (TPSA) is 38.3 Å². The summed E-state index contributed by atoms with van der Waals surface area (Å²) >= 11 is 7.75. The van der Waals surface area contributed by atoms with Gasteiger partial charge in [-0.05, 0) is 60.6 Å². The van der Waals surface area contributed by atoms with Gasteiger partial charge in [0, 0.05) is 23.1 Å². The van der Waals surface area contributed by atoms with E-state index in [2.05, 4.69) is 17.4 Å². The normalized spacial score (nSPS) is 13.1. The quantitative estimate of drug-likeness (QED) is 0.668. The summed E-state index contributed by atoms with van der Waals surface area (Å²) in [6.45, 7) is 0.718. The molecule has 5 heteroatoms. The molecule has 2 aromatic rings. The molecule has 1 N–H and O–H groups in total. The maximum atomic E-state index is 12.0. The van der Waals surface area contributed by atoms with Crippen LogP contribution in [0.15, 0.2) is 42.5 Å². The van der Waals surface area contributed by atoms with E-state index >= 15 is 0 Å². The monoisotopic (exact) mass is 389 g/mol. The molecule has 0 heterocycles. The first-order valence-corrected chi connectivity index (χ1v) is 10.6. The third-order valence-corrected chi connectivity index (χ3v) is 5.70. The molecular weight excluding hydrogens is 366 g/mol. The molecule has 3 nitrogen and oxygen atoms in total. The van der Waals surface area contributed by atoms with E-state index in [-0.39, 0.29) is 12.5 Å². The number of hydrogen-bond acceptors (Lipinski definition) is 3. The number of halogens is 1. The maximum absolute atomic E-state index is 12.0. The Balaban J connectivity index is 1.35. The molecule has 138 valence electrons. The van der Waals surface area contributed by atoms with Crippen LogP contribution < -0.4 is 10.1 Å². The summed E-state index contributed by atoms with van der Waals surface area (Å²) in [5.74, 6) is 2.55. The van der Waals surface area contributed by atoms with Crippen LogP contribution in [0.4, 0.5) is 0 Å². The Bertz CT molecular complexity index is 751. The molecule has 0 saturated heterocycles. The van der Waals surface area contributed by atoms with Crippen molar-refractivity contribution in [3.05, 3.63) is 64.2 Å². The van der Waals surface area contributed by atoms with Gasteiger partial charge in [-0.25, -0.2) is 0 Å². The van der Waals surface area contributed by atoms with Crippen LogP contribution in [0.5, 0.6) is 5.75 Å². The highest BCUT2D eigenvalue weighted by molar-refractivity contribution is 7.98. The highest BCUT2D eigenvalue weighted by Crippen LogP contribution is 2.29. The van der Waals surface area contributed by atoms with Crippen molar-refractivity contribution in [3.63, 3.8) is 0 Å². The van der Waals surface area contributed by atoms with E-state index in [0.717, 1.165) is 35.1 Å². The van der Waals surface area contributed by atoms with Crippen LogP contribution in [0.1, 0.15) is 29.5 Å². The van der Waals surface area contributed by atoms with Crippen molar-refractivity contribution in [1.29, 1.82) is 0 Å². The number of ether oxygens (including phenoxy) is 1. The minimum Gasteiger partial charge on any atom is -0.483 e. The zero-order chi connectivity index (χ0) is 18.2. The number of rotatable bonds is 8. The van der Waals surface area contributed by atoms with Crippen LogP contribution in [0.2, 0.25) is 5.02 Å². The molecule has 0 atom stereocenters. The summed E-state index contributed by atoms with van der Waals surface area (Å²) in [5, 5.41) is 3.68. The predicted octanol–water partition coefficient (Wildman–Crippen LogP) is 4.65. The summed E-state index contributed by atoms with van der Waals surface area (Å²) in [5.41, 5.74) is 3.85. The molecule has 0 spiro atoms. The van der Waals surface area contributed by atoms with Crippen molar-refractivity contribution < 1.29 is 9.53 Å². The van der Waals surface area contributed by atoms with E-state index in [4.69, 9.17) is 16.3 Å². The Labute approximate surface area is 164 Å². The molecule has 3 rings (SSSR count). The zero-order valence-corrected chi connectivity index (χ0v) is 16.4. The summed E-state index contributed by atoms with van der Waals surface area (Å²) in [7, 11) is 0. The lowest BCUT2D eigenvalue weighted by molar-refractivity contribution is -0.122. The lowest BCUT2D eigenvalue weighted by Gasteiger charge is -2.19. The third kappa shape index (κ3) is 5.68. The number of carbonyl (C=O) groups is 1. The fraction of sp³-hybridized carbons (Fsp3) is 0.381. The molecule has 0 unspecified atom stereocenters. The van der Waals surface area contributed by atoms with Crippen LogP contribution in [-0.4, -0.2) is 24.8 Å². The minimum atomic E-state index is -0.0678. The minimum absolute atomic E-state index is 0.0678. The number of benzene rings is 2. The molecule has 0 bridgehead atoms. The number of carbonyl (C=O) groups excluding carboxylic acids is 1. The number of nitrogens with one attached hydrogen (secondary N) is 1. The lowest BCUT2D eigenvalue weighted by Crippen LogP contribution is -2.30. The largest absolute Gasteiger partial charge is 0.483 e. The van der Waals surface area contributed by atoms with E-state index in [1.807, 2.05) is 30.3 Å². The van der Waals surface area contributed by atoms with Crippen molar-refractivity contribution >= 4 is 29.3 Å². The number of hydrogen-bond donors (Lipinski definition) is 1. The second-order valence-corrected chi connectivity index (χ2v) is 7.96. The third-order valence-electron chi connectivity index (χ3n) is 4.44. The van der Waals surface area contributed by atoms with Crippen molar-refractivity contribution in [2.45, 2.75) is 31.4 Å². The molecule has 0 radical (unpaired) electrons. The lowest BCUT2D eigenvalue weighted by atomic mass is 9.91. The van der Waals surface area contributed by atoms with Gasteiger partial charge < -0.3 is 10.1 Å². The fourth-order valence-corrected chi connectivity index (χ4v) is 4.17. The van der Waals surface area contributed by atoms with Gasteiger partial charge in [0.25, 0.3) is 5.91 Å². The standard InChI is InChI=1S/C21H24ClNO2S/c22-18-8-3-5-16(13-18)15-26-12-11-23-21(24)14-25-20-10-4-7-17-6-1-2-9-19(17)20/h3-5,7-8,10,13H,1-2,6,9,11-12,14-15H2,(H,23,24). The molecular formula is C21H24ClNO2S. The Morgan fingerprint density at radius 1 is 1.15 bits per heavy atom. The van der Waals surface area contributed by atoms with Crippen LogP contribution in [0.3, 0.4) is 0 Å². The predicted molar refractivity (Wildman–Crippen MR) is 109 cm³/mol. The number of fused-ring (bicyclic) bond motifs is 1. The van der Waals surface area contributed by atoms with Gasteiger partial charge in [-0.3, -0.25) is 4.79 Å². The summed E-state index contributed by atoms with van der Waals surface area (Å²) in [4.78, 5) is 12.0. The molecule has 2 aromatic carbocycles. The van der Waals surface area contributed by atoms with E-state index < -0.39 is 0 Å². The molecule has 0 aromatic heterocycles. The first-order valence-electron chi connectivity index (χ1n) is 9.05. The van der Waals surface area contributed by atoms with Crippen LogP contribution in [-0.2, 0) is 23.4 Å². The van der Waals surface area contributed by atoms with Gasteiger partial charge in [0.2, 0.25) is 0 Å². The average Bonchev–Trinajstić information content (AvgIpc) is 2.66. The number of aryl methyl sites for hydroxylation is 1. The SMILES string of the molecule is O=C(COc1cccc2c1CCCC2)NCCSCc1cccc(Cl)c1. The smallest absolute Gasteiger partial charge is 0.257 e. The van der Waals surface area contributed by atoms with E-state index in [0.29, 0.717) is 6.54 Å². The van der Waals surface area contributed by atoms with Crippen molar-refractivity contribution in [1.82, 2.24) is 5.32 Å². The molecule has 1 aliphatic carbocycles.